The Balaban J connectivity index is 1.13. The fraction of sp³-hybridized carbons (Fsp3) is 0.250. The summed E-state index contributed by atoms with van der Waals surface area (Å²) in [5, 5.41) is 6.59. The minimum Gasteiger partial charge on any atom is -0.492 e. The van der Waals surface area contributed by atoms with Crippen molar-refractivity contribution in [2.24, 2.45) is 0 Å². The maximum absolute atomic E-state index is 13.7. The first kappa shape index (κ1) is 36.2. The number of hydrogen-bond acceptors (Lipinski definition) is 8. The summed E-state index contributed by atoms with van der Waals surface area (Å²) in [6, 6.07) is 29.8. The average Bonchev–Trinajstić information content (AvgIpc) is 3.16. The number of carbonyl (C=O) groups is 2. The molecule has 268 valence electrons. The Hall–Kier alpha value is -5.65. The molecule has 1 atom stereocenters. The normalized spacial score (nSPS) is 13.1. The van der Waals surface area contributed by atoms with Gasteiger partial charge in [-0.1, -0.05) is 67.9 Å². The predicted molar refractivity (Wildman–Crippen MR) is 209 cm³/mol. The lowest BCUT2D eigenvalue weighted by Gasteiger charge is -2.34. The molecular weight excluding hydrogens is 676 g/mol. The summed E-state index contributed by atoms with van der Waals surface area (Å²) in [6.45, 7) is 7.95. The van der Waals surface area contributed by atoms with E-state index < -0.39 is 0 Å². The molecule has 1 unspecified atom stereocenters. The van der Waals surface area contributed by atoms with Crippen LogP contribution in [0.15, 0.2) is 103 Å². The molecule has 1 aliphatic rings. The SMILES string of the molecule is CCN(CC)CCOc1ccc(Nc2ncc3c(n2)N(C)C(=O)N(c2cc(NC(=O)CC(c4ccccc4)c4cccc(N)c4)ccc2Cl)C3)cc1. The Kier molecular flexibility index (Phi) is 11.5. The van der Waals surface area contributed by atoms with Crippen LogP contribution in [0.2, 0.25) is 5.02 Å². The number of nitrogens with one attached hydrogen (secondary N) is 2. The number of ether oxygens (including phenoxy) is 1. The second-order valence-electron chi connectivity index (χ2n) is 12.5. The molecule has 1 aromatic heterocycles. The Morgan fingerprint density at radius 2 is 1.69 bits per heavy atom. The first-order valence-corrected chi connectivity index (χ1v) is 17.7. The first-order valence-electron chi connectivity index (χ1n) is 17.4. The van der Waals surface area contributed by atoms with Crippen LogP contribution in [-0.2, 0) is 11.3 Å². The topological polar surface area (TPSA) is 129 Å². The lowest BCUT2D eigenvalue weighted by Crippen LogP contribution is -2.46. The molecule has 3 amide bonds. The number of benzene rings is 4. The number of nitrogens with zero attached hydrogens (tertiary/aromatic N) is 5. The van der Waals surface area contributed by atoms with Gasteiger partial charge >= 0.3 is 6.03 Å². The number of carbonyl (C=O) groups excluding carboxylic acids is 2. The maximum Gasteiger partial charge on any atom is 0.330 e. The highest BCUT2D eigenvalue weighted by Gasteiger charge is 2.32. The van der Waals surface area contributed by atoms with E-state index in [0.29, 0.717) is 40.5 Å². The van der Waals surface area contributed by atoms with Crippen molar-refractivity contribution in [3.05, 3.63) is 125 Å². The van der Waals surface area contributed by atoms with E-state index in [1.165, 1.54) is 4.90 Å². The highest BCUT2D eigenvalue weighted by atomic mass is 35.5. The number of hydrogen-bond donors (Lipinski definition) is 3. The summed E-state index contributed by atoms with van der Waals surface area (Å²) in [5.74, 6) is 1.24. The largest absolute Gasteiger partial charge is 0.492 e. The summed E-state index contributed by atoms with van der Waals surface area (Å²) < 4.78 is 5.90. The van der Waals surface area contributed by atoms with Gasteiger partial charge in [-0.2, -0.15) is 4.98 Å². The molecule has 0 spiro atoms. The van der Waals surface area contributed by atoms with Crippen molar-refractivity contribution in [3.63, 3.8) is 0 Å². The third-order valence-electron chi connectivity index (χ3n) is 9.11. The molecule has 0 radical (unpaired) electrons. The zero-order valence-electron chi connectivity index (χ0n) is 29.6. The van der Waals surface area contributed by atoms with E-state index in [9.17, 15) is 9.59 Å². The van der Waals surface area contributed by atoms with Gasteiger partial charge < -0.3 is 26.0 Å². The first-order chi connectivity index (χ1) is 25.2. The van der Waals surface area contributed by atoms with E-state index >= 15 is 0 Å². The summed E-state index contributed by atoms with van der Waals surface area (Å²) in [5.41, 5.74) is 11.2. The Bertz CT molecular complexity index is 2010. The minimum absolute atomic E-state index is 0.187. The van der Waals surface area contributed by atoms with E-state index in [-0.39, 0.29) is 30.8 Å². The van der Waals surface area contributed by atoms with Crippen LogP contribution in [-0.4, -0.2) is 60.1 Å². The molecule has 0 aliphatic carbocycles. The number of anilines is 6. The lowest BCUT2D eigenvalue weighted by atomic mass is 9.88. The van der Waals surface area contributed by atoms with Crippen LogP contribution in [0.4, 0.5) is 39.3 Å². The van der Waals surface area contributed by atoms with Crippen molar-refractivity contribution in [1.82, 2.24) is 14.9 Å². The average molecular weight is 719 g/mol. The molecular formula is C40H43ClN8O3. The summed E-state index contributed by atoms with van der Waals surface area (Å²) >= 11 is 6.66. The predicted octanol–water partition coefficient (Wildman–Crippen LogP) is 7.91. The number of halogens is 1. The van der Waals surface area contributed by atoms with Crippen molar-refractivity contribution in [3.8, 4) is 5.75 Å². The third-order valence-corrected chi connectivity index (χ3v) is 9.43. The van der Waals surface area contributed by atoms with Crippen molar-refractivity contribution >= 4 is 58.1 Å². The van der Waals surface area contributed by atoms with Crippen LogP contribution in [0.1, 0.15) is 42.9 Å². The fourth-order valence-corrected chi connectivity index (χ4v) is 6.46. The van der Waals surface area contributed by atoms with Gasteiger partial charge in [0.1, 0.15) is 18.2 Å². The standard InChI is InChI=1S/C40H43ClN8O3/c1-4-48(5-2)20-21-52-33-17-14-31(15-18-33)45-39-43-25-29-26-49(40(51)47(3)38(29)46-39)36-23-32(16-19-35(36)41)44-37(50)24-34(27-10-7-6-8-11-27)28-12-9-13-30(42)22-28/h6-19,22-23,25,34H,4-5,20-21,24,26,42H2,1-3H3,(H,44,50)(H,43,45,46). The number of rotatable bonds is 14. The summed E-state index contributed by atoms with van der Waals surface area (Å²) in [4.78, 5) is 41.7. The molecule has 4 N–H and O–H groups in total. The van der Waals surface area contributed by atoms with Gasteiger partial charge in [0.15, 0.2) is 0 Å². The molecule has 0 fully saturated rings. The van der Waals surface area contributed by atoms with Gasteiger partial charge in [0.05, 0.1) is 17.3 Å². The zero-order chi connectivity index (χ0) is 36.6. The molecule has 2 heterocycles. The Morgan fingerprint density at radius 1 is 0.962 bits per heavy atom. The van der Waals surface area contributed by atoms with Crippen molar-refractivity contribution in [1.29, 1.82) is 0 Å². The van der Waals surface area contributed by atoms with Crippen LogP contribution < -0.4 is 30.9 Å². The van der Waals surface area contributed by atoms with E-state index in [0.717, 1.165) is 47.8 Å². The molecule has 4 aromatic carbocycles. The summed E-state index contributed by atoms with van der Waals surface area (Å²) in [7, 11) is 1.66. The fourth-order valence-electron chi connectivity index (χ4n) is 6.24. The van der Waals surface area contributed by atoms with Crippen LogP contribution in [0.3, 0.4) is 0 Å². The smallest absolute Gasteiger partial charge is 0.330 e. The molecule has 0 saturated heterocycles. The van der Waals surface area contributed by atoms with E-state index in [2.05, 4.69) is 39.3 Å². The second-order valence-corrected chi connectivity index (χ2v) is 13.0. The monoisotopic (exact) mass is 718 g/mol. The molecule has 1 aliphatic heterocycles. The van der Waals surface area contributed by atoms with Gasteiger partial charge in [0, 0.05) is 54.8 Å². The van der Waals surface area contributed by atoms with Gasteiger partial charge in [0.2, 0.25) is 11.9 Å². The van der Waals surface area contributed by atoms with Crippen LogP contribution in [0.5, 0.6) is 5.75 Å². The number of urea groups is 1. The maximum atomic E-state index is 13.7. The van der Waals surface area contributed by atoms with Gasteiger partial charge in [-0.3, -0.25) is 14.6 Å². The van der Waals surface area contributed by atoms with E-state index in [4.69, 9.17) is 22.1 Å². The minimum atomic E-state index is -0.320. The van der Waals surface area contributed by atoms with Crippen molar-refractivity contribution < 1.29 is 14.3 Å². The third kappa shape index (κ3) is 8.62. The quantitative estimate of drug-likeness (QED) is 0.0989. The van der Waals surface area contributed by atoms with Crippen LogP contribution in [0, 0.1) is 0 Å². The molecule has 0 saturated carbocycles. The highest BCUT2D eigenvalue weighted by Crippen LogP contribution is 2.36. The lowest BCUT2D eigenvalue weighted by molar-refractivity contribution is -0.116. The molecule has 6 rings (SSSR count). The summed E-state index contributed by atoms with van der Waals surface area (Å²) in [6.07, 6.45) is 1.89. The number of nitrogen functional groups attached to an aromatic ring is 1. The van der Waals surface area contributed by atoms with Crippen LogP contribution in [0.25, 0.3) is 0 Å². The number of likely N-dealkylation sites (N-methyl/N-ethyl adjacent to an activating group) is 1. The van der Waals surface area contributed by atoms with Gasteiger partial charge in [-0.15, -0.1) is 0 Å². The van der Waals surface area contributed by atoms with Crippen molar-refractivity contribution in [2.75, 3.05) is 59.5 Å². The second kappa shape index (κ2) is 16.6. The van der Waals surface area contributed by atoms with Crippen LogP contribution >= 0.6 is 11.6 Å². The highest BCUT2D eigenvalue weighted by molar-refractivity contribution is 6.34. The zero-order valence-corrected chi connectivity index (χ0v) is 30.3. The van der Waals surface area contributed by atoms with Gasteiger partial charge in [-0.05, 0) is 78.8 Å². The van der Waals surface area contributed by atoms with Gasteiger partial charge in [-0.25, -0.2) is 9.78 Å². The number of fused-ring (bicyclic) bond motifs is 1. The molecule has 5 aromatic rings. The number of nitrogens with two attached hydrogens (primary N) is 1. The Labute approximate surface area is 309 Å². The molecule has 52 heavy (non-hydrogen) atoms. The molecule has 0 bridgehead atoms. The van der Waals surface area contributed by atoms with Gasteiger partial charge in [0.25, 0.3) is 0 Å². The molecule has 11 nitrogen and oxygen atoms in total. The molecule has 12 heteroatoms. The number of aromatic nitrogens is 2. The van der Waals surface area contributed by atoms with E-state index in [1.54, 1.807) is 36.3 Å². The van der Waals surface area contributed by atoms with E-state index in [1.807, 2.05) is 78.9 Å². The Morgan fingerprint density at radius 3 is 2.42 bits per heavy atom. The number of amides is 3. The van der Waals surface area contributed by atoms with Crippen molar-refractivity contribution in [2.45, 2.75) is 32.7 Å².